The first-order valence-corrected chi connectivity index (χ1v) is 7.24. The summed E-state index contributed by atoms with van der Waals surface area (Å²) in [6.07, 6.45) is 7.63. The standard InChI is InChI=1S/C15H20ClN/c16-15-9-13(12-5-3-7-17-10-12)8-11-4-1-2-6-14(11)15/h8-9,12,17H,1-7,10H2. The predicted octanol–water partition coefficient (Wildman–Crippen LogP) is 3.69. The lowest BCUT2D eigenvalue weighted by molar-refractivity contribution is 0.461. The highest BCUT2D eigenvalue weighted by Crippen LogP contribution is 2.33. The number of rotatable bonds is 1. The summed E-state index contributed by atoms with van der Waals surface area (Å²) in [6.45, 7) is 2.30. The summed E-state index contributed by atoms with van der Waals surface area (Å²) in [4.78, 5) is 0. The molecule has 92 valence electrons. The van der Waals surface area contributed by atoms with Crippen LogP contribution in [0.2, 0.25) is 5.02 Å². The zero-order valence-corrected chi connectivity index (χ0v) is 11.0. The van der Waals surface area contributed by atoms with Crippen molar-refractivity contribution in [1.82, 2.24) is 5.32 Å². The minimum atomic E-state index is 0.675. The molecule has 0 aromatic heterocycles. The Hall–Kier alpha value is -0.530. The minimum absolute atomic E-state index is 0.675. The van der Waals surface area contributed by atoms with Gasteiger partial charge < -0.3 is 5.32 Å². The highest BCUT2D eigenvalue weighted by atomic mass is 35.5. The number of benzene rings is 1. The Morgan fingerprint density at radius 1 is 1.12 bits per heavy atom. The lowest BCUT2D eigenvalue weighted by atomic mass is 9.85. The van der Waals surface area contributed by atoms with Crippen LogP contribution in [-0.4, -0.2) is 13.1 Å². The second-order valence-corrected chi connectivity index (χ2v) is 5.80. The van der Waals surface area contributed by atoms with Gasteiger partial charge in [-0.25, -0.2) is 0 Å². The molecule has 0 saturated carbocycles. The fourth-order valence-corrected chi connectivity index (χ4v) is 3.55. The van der Waals surface area contributed by atoms with Crippen LogP contribution in [-0.2, 0) is 12.8 Å². The Morgan fingerprint density at radius 3 is 2.82 bits per heavy atom. The summed E-state index contributed by atoms with van der Waals surface area (Å²) in [6, 6.07) is 4.65. The van der Waals surface area contributed by atoms with Crippen molar-refractivity contribution in [1.29, 1.82) is 0 Å². The van der Waals surface area contributed by atoms with E-state index >= 15 is 0 Å². The van der Waals surface area contributed by atoms with Crippen molar-refractivity contribution >= 4 is 11.6 Å². The molecule has 2 aliphatic rings. The Bertz CT molecular complexity index is 408. The van der Waals surface area contributed by atoms with Gasteiger partial charge in [-0.15, -0.1) is 0 Å². The third-order valence-electron chi connectivity index (χ3n) is 4.20. The first-order valence-electron chi connectivity index (χ1n) is 6.86. The molecule has 0 bridgehead atoms. The van der Waals surface area contributed by atoms with Crippen molar-refractivity contribution in [3.63, 3.8) is 0 Å². The molecule has 1 fully saturated rings. The second kappa shape index (κ2) is 4.99. The van der Waals surface area contributed by atoms with Crippen LogP contribution in [0.5, 0.6) is 0 Å². The normalized spacial score (nSPS) is 24.4. The number of fused-ring (bicyclic) bond motifs is 1. The molecule has 1 aliphatic carbocycles. The number of hydrogen-bond acceptors (Lipinski definition) is 1. The molecule has 1 aromatic rings. The number of piperidine rings is 1. The van der Waals surface area contributed by atoms with Crippen molar-refractivity contribution in [2.24, 2.45) is 0 Å². The van der Waals surface area contributed by atoms with E-state index in [1.165, 1.54) is 61.8 Å². The molecule has 3 rings (SSSR count). The van der Waals surface area contributed by atoms with E-state index < -0.39 is 0 Å². The molecule has 1 aliphatic heterocycles. The lowest BCUT2D eigenvalue weighted by Crippen LogP contribution is -2.28. The van der Waals surface area contributed by atoms with Crippen LogP contribution in [0.15, 0.2) is 12.1 Å². The van der Waals surface area contributed by atoms with Gasteiger partial charge in [0, 0.05) is 11.6 Å². The van der Waals surface area contributed by atoms with Crippen molar-refractivity contribution < 1.29 is 0 Å². The zero-order valence-electron chi connectivity index (χ0n) is 10.3. The van der Waals surface area contributed by atoms with E-state index in [-0.39, 0.29) is 0 Å². The van der Waals surface area contributed by atoms with E-state index in [0.717, 1.165) is 11.6 Å². The summed E-state index contributed by atoms with van der Waals surface area (Å²) >= 11 is 6.45. The molecular formula is C15H20ClN. The molecule has 1 nitrogen and oxygen atoms in total. The van der Waals surface area contributed by atoms with Crippen LogP contribution >= 0.6 is 11.6 Å². The summed E-state index contributed by atoms with van der Waals surface area (Å²) in [5, 5.41) is 4.51. The third kappa shape index (κ3) is 2.36. The van der Waals surface area contributed by atoms with Gasteiger partial charge in [0.15, 0.2) is 0 Å². The van der Waals surface area contributed by atoms with Crippen molar-refractivity contribution in [3.8, 4) is 0 Å². The largest absolute Gasteiger partial charge is 0.316 e. The number of aryl methyl sites for hydroxylation is 1. The van der Waals surface area contributed by atoms with Crippen molar-refractivity contribution in [2.45, 2.75) is 44.4 Å². The molecule has 1 N–H and O–H groups in total. The first-order chi connectivity index (χ1) is 8.34. The minimum Gasteiger partial charge on any atom is -0.316 e. The van der Waals surface area contributed by atoms with Gasteiger partial charge in [-0.3, -0.25) is 0 Å². The Kier molecular flexibility index (Phi) is 3.39. The van der Waals surface area contributed by atoms with Gasteiger partial charge in [0.05, 0.1) is 0 Å². The van der Waals surface area contributed by atoms with E-state index in [4.69, 9.17) is 11.6 Å². The van der Waals surface area contributed by atoms with Gasteiger partial charge in [-0.2, -0.15) is 0 Å². The Labute approximate surface area is 109 Å². The van der Waals surface area contributed by atoms with Crippen molar-refractivity contribution in [3.05, 3.63) is 33.8 Å². The van der Waals surface area contributed by atoms with E-state index in [2.05, 4.69) is 17.4 Å². The Morgan fingerprint density at radius 2 is 2.00 bits per heavy atom. The fraction of sp³-hybridized carbons (Fsp3) is 0.600. The molecule has 1 heterocycles. The summed E-state index contributed by atoms with van der Waals surface area (Å²) in [5.74, 6) is 0.675. The highest BCUT2D eigenvalue weighted by molar-refractivity contribution is 6.31. The van der Waals surface area contributed by atoms with Crippen molar-refractivity contribution in [2.75, 3.05) is 13.1 Å². The maximum atomic E-state index is 6.45. The summed E-state index contributed by atoms with van der Waals surface area (Å²) in [7, 11) is 0. The molecule has 2 heteroatoms. The molecule has 0 amide bonds. The topological polar surface area (TPSA) is 12.0 Å². The van der Waals surface area contributed by atoms with Gasteiger partial charge >= 0.3 is 0 Å². The quantitative estimate of drug-likeness (QED) is 0.801. The molecule has 1 unspecified atom stereocenters. The molecular weight excluding hydrogens is 230 g/mol. The van der Waals surface area contributed by atoms with Crippen LogP contribution in [0.3, 0.4) is 0 Å². The molecule has 1 saturated heterocycles. The smallest absolute Gasteiger partial charge is 0.0443 e. The van der Waals surface area contributed by atoms with Gasteiger partial charge in [0.25, 0.3) is 0 Å². The third-order valence-corrected chi connectivity index (χ3v) is 4.54. The zero-order chi connectivity index (χ0) is 11.7. The van der Waals surface area contributed by atoms with Gasteiger partial charge in [-0.1, -0.05) is 17.7 Å². The first kappa shape index (κ1) is 11.6. The molecule has 1 aromatic carbocycles. The predicted molar refractivity (Wildman–Crippen MR) is 72.9 cm³/mol. The van der Waals surface area contributed by atoms with Crippen LogP contribution in [0.1, 0.15) is 48.3 Å². The van der Waals surface area contributed by atoms with Gasteiger partial charge in [-0.05, 0) is 73.7 Å². The van der Waals surface area contributed by atoms with E-state index in [1.807, 2.05) is 0 Å². The maximum absolute atomic E-state index is 6.45. The molecule has 1 atom stereocenters. The SMILES string of the molecule is Clc1cc(C2CCCNC2)cc2c1CCCC2. The second-order valence-electron chi connectivity index (χ2n) is 5.39. The monoisotopic (exact) mass is 249 g/mol. The maximum Gasteiger partial charge on any atom is 0.0443 e. The number of halogens is 1. The van der Waals surface area contributed by atoms with Crippen LogP contribution < -0.4 is 5.32 Å². The molecule has 0 radical (unpaired) electrons. The average Bonchev–Trinajstić information content (AvgIpc) is 2.40. The average molecular weight is 250 g/mol. The van der Waals surface area contributed by atoms with Crippen LogP contribution in [0, 0.1) is 0 Å². The van der Waals surface area contributed by atoms with Gasteiger partial charge in [0.1, 0.15) is 0 Å². The van der Waals surface area contributed by atoms with E-state index in [9.17, 15) is 0 Å². The van der Waals surface area contributed by atoms with Crippen LogP contribution in [0.4, 0.5) is 0 Å². The van der Waals surface area contributed by atoms with E-state index in [1.54, 1.807) is 0 Å². The van der Waals surface area contributed by atoms with E-state index in [0.29, 0.717) is 5.92 Å². The molecule has 17 heavy (non-hydrogen) atoms. The molecule has 0 spiro atoms. The van der Waals surface area contributed by atoms with Crippen LogP contribution in [0.25, 0.3) is 0 Å². The van der Waals surface area contributed by atoms with Gasteiger partial charge in [0.2, 0.25) is 0 Å². The summed E-state index contributed by atoms with van der Waals surface area (Å²) < 4.78 is 0. The Balaban J connectivity index is 1.92. The summed E-state index contributed by atoms with van der Waals surface area (Å²) in [5.41, 5.74) is 4.40. The number of hydrogen-bond donors (Lipinski definition) is 1. The fourth-order valence-electron chi connectivity index (χ4n) is 3.21. The number of nitrogens with one attached hydrogen (secondary N) is 1. The highest BCUT2D eigenvalue weighted by Gasteiger charge is 2.19. The lowest BCUT2D eigenvalue weighted by Gasteiger charge is -2.26.